The minimum atomic E-state index is -0.219. The second-order valence-corrected chi connectivity index (χ2v) is 8.74. The number of hydrogen-bond acceptors (Lipinski definition) is 6. The quantitative estimate of drug-likeness (QED) is 0.359. The van der Waals surface area contributed by atoms with Crippen LogP contribution in [0.1, 0.15) is 34.9 Å². The minimum absolute atomic E-state index is 0.0386. The summed E-state index contributed by atoms with van der Waals surface area (Å²) in [6, 6.07) is 20.6. The van der Waals surface area contributed by atoms with E-state index in [0.29, 0.717) is 26.2 Å². The summed E-state index contributed by atoms with van der Waals surface area (Å²) in [5.74, 6) is 1.52. The molecule has 1 aliphatic heterocycles. The molecule has 0 aliphatic carbocycles. The topological polar surface area (TPSA) is 74.6 Å². The molecule has 1 N–H and O–H groups in total. The third-order valence-corrected chi connectivity index (χ3v) is 6.58. The Balaban J connectivity index is 1.38. The van der Waals surface area contributed by atoms with Gasteiger partial charge in [0.05, 0.1) is 36.9 Å². The summed E-state index contributed by atoms with van der Waals surface area (Å²) in [7, 11) is 3.10. The van der Waals surface area contributed by atoms with E-state index in [1.807, 2.05) is 36.4 Å². The van der Waals surface area contributed by atoms with Gasteiger partial charge in [0.2, 0.25) is 0 Å². The van der Waals surface area contributed by atoms with Crippen LogP contribution in [-0.2, 0) is 27.4 Å². The summed E-state index contributed by atoms with van der Waals surface area (Å²) < 4.78 is 18.3. The lowest BCUT2D eigenvalue weighted by atomic mass is 9.97. The van der Waals surface area contributed by atoms with Crippen LogP contribution in [-0.4, -0.2) is 36.3 Å². The highest BCUT2D eigenvalue weighted by Crippen LogP contribution is 2.38. The molecule has 2 heterocycles. The molecule has 180 valence electrons. The molecular formula is C28H29N3O4. The highest BCUT2D eigenvalue weighted by molar-refractivity contribution is 5.78. The fourth-order valence-corrected chi connectivity index (χ4v) is 4.71. The van der Waals surface area contributed by atoms with Gasteiger partial charge in [-0.05, 0) is 42.3 Å². The fraction of sp³-hybridized carbons (Fsp3) is 0.286. The Kier molecular flexibility index (Phi) is 6.42. The molecule has 0 saturated carbocycles. The number of rotatable bonds is 8. The van der Waals surface area contributed by atoms with Crippen molar-refractivity contribution in [3.63, 3.8) is 0 Å². The summed E-state index contributed by atoms with van der Waals surface area (Å²) in [5, 5.41) is 3.53. The number of carbonyl (C=O) groups excluding carboxylic acids is 1. The molecule has 1 aliphatic rings. The zero-order valence-electron chi connectivity index (χ0n) is 20.2. The molecule has 3 aromatic carbocycles. The number of hydrogen-bond donors (Lipinski definition) is 1. The number of carbonyl (C=O) groups is 1. The maximum absolute atomic E-state index is 11.7. The van der Waals surface area contributed by atoms with Gasteiger partial charge in [-0.15, -0.1) is 0 Å². The van der Waals surface area contributed by atoms with Gasteiger partial charge in [0.25, 0.3) is 0 Å². The first-order valence-corrected chi connectivity index (χ1v) is 11.7. The average Bonchev–Trinajstić information content (AvgIpc) is 3.44. The number of methoxy groups -OCH3 is 2. The second kappa shape index (κ2) is 9.80. The van der Waals surface area contributed by atoms with Crippen LogP contribution in [0.3, 0.4) is 0 Å². The van der Waals surface area contributed by atoms with Gasteiger partial charge in [-0.1, -0.05) is 30.3 Å². The van der Waals surface area contributed by atoms with Gasteiger partial charge in [-0.2, -0.15) is 0 Å². The van der Waals surface area contributed by atoms with Crippen LogP contribution in [0, 0.1) is 6.92 Å². The molecule has 1 aromatic heterocycles. The summed E-state index contributed by atoms with van der Waals surface area (Å²) in [5.41, 5.74) is 7.49. The van der Waals surface area contributed by atoms with E-state index in [1.54, 1.807) is 7.11 Å². The first-order chi connectivity index (χ1) is 17.1. The molecule has 4 aromatic rings. The largest absolute Gasteiger partial charge is 0.493 e. The maximum atomic E-state index is 11.7. The van der Waals surface area contributed by atoms with Crippen molar-refractivity contribution in [3.05, 3.63) is 83.2 Å². The number of aromatic nitrogens is 2. The predicted octanol–water partition coefficient (Wildman–Crippen LogP) is 5.13. The molecule has 0 spiro atoms. The molecule has 0 radical (unpaired) electrons. The van der Waals surface area contributed by atoms with E-state index in [4.69, 9.17) is 19.2 Å². The van der Waals surface area contributed by atoms with E-state index >= 15 is 0 Å². The van der Waals surface area contributed by atoms with Gasteiger partial charge in [0.1, 0.15) is 18.2 Å². The monoisotopic (exact) mass is 471 g/mol. The van der Waals surface area contributed by atoms with Gasteiger partial charge in [-0.3, -0.25) is 9.36 Å². The number of esters is 1. The van der Waals surface area contributed by atoms with E-state index in [9.17, 15) is 4.79 Å². The Morgan fingerprint density at radius 3 is 2.83 bits per heavy atom. The number of nitrogens with zero attached hydrogens (tertiary/aromatic N) is 2. The van der Waals surface area contributed by atoms with E-state index in [1.165, 1.54) is 18.2 Å². The molecule has 1 atom stereocenters. The van der Waals surface area contributed by atoms with Gasteiger partial charge < -0.3 is 19.5 Å². The first-order valence-electron chi connectivity index (χ1n) is 11.7. The zero-order chi connectivity index (χ0) is 24.4. The third-order valence-electron chi connectivity index (χ3n) is 6.58. The van der Waals surface area contributed by atoms with Crippen molar-refractivity contribution in [3.8, 4) is 11.4 Å². The molecule has 0 saturated heterocycles. The number of imidazole rings is 1. The van der Waals surface area contributed by atoms with Crippen molar-refractivity contribution in [2.45, 2.75) is 32.4 Å². The lowest BCUT2D eigenvalue weighted by Crippen LogP contribution is -2.09. The number of nitrogens with one attached hydrogen (secondary N) is 1. The van der Waals surface area contributed by atoms with Crippen molar-refractivity contribution in [1.29, 1.82) is 0 Å². The van der Waals surface area contributed by atoms with Crippen molar-refractivity contribution < 1.29 is 19.0 Å². The Hall–Kier alpha value is -3.84. The van der Waals surface area contributed by atoms with Crippen LogP contribution in [0.2, 0.25) is 0 Å². The van der Waals surface area contributed by atoms with Gasteiger partial charge in [0.15, 0.2) is 0 Å². The molecule has 0 fully saturated rings. The third kappa shape index (κ3) is 4.47. The number of para-hydroxylation sites is 2. The molecule has 0 amide bonds. The van der Waals surface area contributed by atoms with Gasteiger partial charge in [0, 0.05) is 36.9 Å². The number of benzene rings is 3. The van der Waals surface area contributed by atoms with Crippen molar-refractivity contribution in [2.75, 3.05) is 26.1 Å². The van der Waals surface area contributed by atoms with E-state index in [-0.39, 0.29) is 11.9 Å². The summed E-state index contributed by atoms with van der Waals surface area (Å²) >= 11 is 0. The number of fused-ring (bicyclic) bond motifs is 2. The molecule has 5 rings (SSSR count). The molecule has 35 heavy (non-hydrogen) atoms. The lowest BCUT2D eigenvalue weighted by molar-refractivity contribution is -0.141. The molecule has 7 heteroatoms. The van der Waals surface area contributed by atoms with E-state index in [0.717, 1.165) is 39.5 Å². The summed E-state index contributed by atoms with van der Waals surface area (Å²) in [4.78, 5) is 16.5. The maximum Gasteiger partial charge on any atom is 0.306 e. The van der Waals surface area contributed by atoms with E-state index < -0.39 is 0 Å². The molecular weight excluding hydrogens is 442 g/mol. The Labute approximate surface area is 204 Å². The number of anilines is 1. The Morgan fingerprint density at radius 2 is 2.00 bits per heavy atom. The van der Waals surface area contributed by atoms with Gasteiger partial charge >= 0.3 is 5.97 Å². The first kappa shape index (κ1) is 22.9. The summed E-state index contributed by atoms with van der Waals surface area (Å²) in [6.45, 7) is 3.73. The lowest BCUT2D eigenvalue weighted by Gasteiger charge is -2.16. The van der Waals surface area contributed by atoms with Gasteiger partial charge in [-0.25, -0.2) is 4.98 Å². The van der Waals surface area contributed by atoms with Crippen LogP contribution < -0.4 is 10.1 Å². The molecule has 7 nitrogen and oxygen atoms in total. The average molecular weight is 472 g/mol. The SMILES string of the molecule is COCc1nc2ccccc2n1-c1cccc(CNc2ccc3c(c2)OC[C@H]3CC(=O)OC)c1C. The highest BCUT2D eigenvalue weighted by Gasteiger charge is 2.27. The zero-order valence-corrected chi connectivity index (χ0v) is 20.2. The predicted molar refractivity (Wildman–Crippen MR) is 135 cm³/mol. The van der Waals surface area contributed by atoms with Crippen molar-refractivity contribution >= 4 is 22.7 Å². The molecule has 0 bridgehead atoms. The van der Waals surface area contributed by atoms with Crippen LogP contribution in [0.15, 0.2) is 60.7 Å². The molecule has 0 unspecified atom stereocenters. The fourth-order valence-electron chi connectivity index (χ4n) is 4.71. The van der Waals surface area contributed by atoms with Crippen LogP contribution in [0.5, 0.6) is 5.75 Å². The smallest absolute Gasteiger partial charge is 0.306 e. The Bertz CT molecular complexity index is 1380. The van der Waals surface area contributed by atoms with E-state index in [2.05, 4.69) is 41.1 Å². The number of ether oxygens (including phenoxy) is 3. The van der Waals surface area contributed by atoms with Crippen molar-refractivity contribution in [1.82, 2.24) is 9.55 Å². The normalized spacial score (nSPS) is 14.5. The summed E-state index contributed by atoms with van der Waals surface area (Å²) in [6.07, 6.45) is 0.330. The minimum Gasteiger partial charge on any atom is -0.493 e. The van der Waals surface area contributed by atoms with Crippen LogP contribution in [0.25, 0.3) is 16.7 Å². The van der Waals surface area contributed by atoms with Crippen LogP contribution >= 0.6 is 0 Å². The van der Waals surface area contributed by atoms with Crippen molar-refractivity contribution in [2.24, 2.45) is 0 Å². The Morgan fingerprint density at radius 1 is 1.14 bits per heavy atom. The second-order valence-electron chi connectivity index (χ2n) is 8.74. The highest BCUT2D eigenvalue weighted by atomic mass is 16.5. The standard InChI is InChI=1S/C28H29N3O4/c1-18-19(15-29-21-11-12-22-20(13-28(32)34-3)16-35-26(22)14-21)7-6-10-24(18)31-25-9-5-4-8-23(25)30-27(31)17-33-2/h4-12,14,20,29H,13,15-17H2,1-3H3/t20-/m1/s1. The van der Waals surface area contributed by atoms with Crippen LogP contribution in [0.4, 0.5) is 5.69 Å².